The average Bonchev–Trinajstić information content (AvgIpc) is 2.61. The zero-order chi connectivity index (χ0) is 13.6. The van der Waals surface area contributed by atoms with Gasteiger partial charge in [-0.15, -0.1) is 0 Å². The number of hydrogen-bond donors (Lipinski definition) is 2. The van der Waals surface area contributed by atoms with Gasteiger partial charge in [0, 0.05) is 20.1 Å². The first kappa shape index (κ1) is 14.4. The Hall–Kier alpha value is -1.63. The molecule has 7 heteroatoms. The van der Waals surface area contributed by atoms with Gasteiger partial charge in [0.15, 0.2) is 5.82 Å². The molecule has 0 aliphatic rings. The highest BCUT2D eigenvalue weighted by atomic mass is 16.6. The molecule has 0 spiro atoms. The molecule has 1 rings (SSSR count). The summed E-state index contributed by atoms with van der Waals surface area (Å²) >= 11 is 0. The van der Waals surface area contributed by atoms with Crippen molar-refractivity contribution in [3.63, 3.8) is 0 Å². The van der Waals surface area contributed by atoms with E-state index in [0.717, 1.165) is 5.82 Å². The van der Waals surface area contributed by atoms with Gasteiger partial charge in [-0.1, -0.05) is 0 Å². The summed E-state index contributed by atoms with van der Waals surface area (Å²) in [5, 5.41) is 9.91. The van der Waals surface area contributed by atoms with E-state index in [2.05, 4.69) is 20.7 Å². The molecule has 1 amide bonds. The summed E-state index contributed by atoms with van der Waals surface area (Å²) < 4.78 is 6.75. The molecule has 102 valence electrons. The van der Waals surface area contributed by atoms with Gasteiger partial charge in [-0.3, -0.25) is 4.68 Å². The van der Waals surface area contributed by atoms with Crippen LogP contribution in [0.1, 0.15) is 26.6 Å². The molecule has 1 aromatic heterocycles. The molecule has 1 aromatic rings. The van der Waals surface area contributed by atoms with Crippen molar-refractivity contribution in [2.45, 2.75) is 32.9 Å². The third kappa shape index (κ3) is 6.19. The fraction of sp³-hybridized carbons (Fsp3) is 0.727. The van der Waals surface area contributed by atoms with Gasteiger partial charge in [0.2, 0.25) is 0 Å². The van der Waals surface area contributed by atoms with Crippen molar-refractivity contribution in [2.24, 2.45) is 7.05 Å². The molecule has 0 atom stereocenters. The molecule has 0 unspecified atom stereocenters. The number of carbonyl (C=O) groups is 1. The minimum atomic E-state index is -0.463. The highest BCUT2D eigenvalue weighted by molar-refractivity contribution is 5.67. The number of ether oxygens (including phenoxy) is 1. The average molecular weight is 255 g/mol. The number of alkyl carbamates (subject to hydrolysis) is 1. The predicted octanol–water partition coefficient (Wildman–Crippen LogP) is 0.429. The van der Waals surface area contributed by atoms with E-state index in [1.54, 1.807) is 11.0 Å². The summed E-state index contributed by atoms with van der Waals surface area (Å²) in [6.07, 6.45) is 1.25. The molecule has 1 heterocycles. The largest absolute Gasteiger partial charge is 0.444 e. The Kier molecular flexibility index (Phi) is 5.08. The SMILES string of the molecule is Cn1cnc(CNCCNC(=O)OC(C)(C)C)n1. The van der Waals surface area contributed by atoms with Crippen molar-refractivity contribution >= 4 is 6.09 Å². The number of hydrogen-bond acceptors (Lipinski definition) is 5. The summed E-state index contributed by atoms with van der Waals surface area (Å²) in [6, 6.07) is 0. The normalized spacial score (nSPS) is 11.3. The lowest BCUT2D eigenvalue weighted by Crippen LogP contribution is -2.36. The maximum atomic E-state index is 11.3. The molecule has 0 saturated heterocycles. The van der Waals surface area contributed by atoms with E-state index >= 15 is 0 Å². The number of carbonyl (C=O) groups excluding carboxylic acids is 1. The highest BCUT2D eigenvalue weighted by Crippen LogP contribution is 2.05. The Bertz CT molecular complexity index is 383. The Morgan fingerprint density at radius 1 is 1.44 bits per heavy atom. The maximum Gasteiger partial charge on any atom is 0.407 e. The lowest BCUT2D eigenvalue weighted by molar-refractivity contribution is 0.0528. The standard InChI is InChI=1S/C11H21N5O2/c1-11(2,3)18-10(17)13-6-5-12-7-9-14-8-16(4)15-9/h8,12H,5-7H2,1-4H3,(H,13,17). The van der Waals surface area contributed by atoms with Crippen molar-refractivity contribution < 1.29 is 9.53 Å². The lowest BCUT2D eigenvalue weighted by Gasteiger charge is -2.19. The van der Waals surface area contributed by atoms with Gasteiger partial charge in [0.1, 0.15) is 11.9 Å². The highest BCUT2D eigenvalue weighted by Gasteiger charge is 2.15. The first-order valence-corrected chi connectivity index (χ1v) is 5.89. The van der Waals surface area contributed by atoms with Crippen LogP contribution in [0.2, 0.25) is 0 Å². The molecule has 2 N–H and O–H groups in total. The van der Waals surface area contributed by atoms with Crippen LogP contribution in [0.3, 0.4) is 0 Å². The minimum Gasteiger partial charge on any atom is -0.444 e. The van der Waals surface area contributed by atoms with Crippen molar-refractivity contribution in [3.05, 3.63) is 12.2 Å². The quantitative estimate of drug-likeness (QED) is 0.746. The summed E-state index contributed by atoms with van der Waals surface area (Å²) in [7, 11) is 1.82. The zero-order valence-corrected chi connectivity index (χ0v) is 11.4. The van der Waals surface area contributed by atoms with Crippen molar-refractivity contribution in [1.29, 1.82) is 0 Å². The monoisotopic (exact) mass is 255 g/mol. The van der Waals surface area contributed by atoms with E-state index in [4.69, 9.17) is 4.74 Å². The van der Waals surface area contributed by atoms with Crippen LogP contribution in [0, 0.1) is 0 Å². The molecule has 0 aromatic carbocycles. The van der Waals surface area contributed by atoms with E-state index in [0.29, 0.717) is 19.6 Å². The third-order valence-corrected chi connectivity index (χ3v) is 1.90. The first-order chi connectivity index (χ1) is 8.37. The van der Waals surface area contributed by atoms with Crippen LogP contribution in [0.4, 0.5) is 4.79 Å². The molecule has 0 fully saturated rings. The number of nitrogens with one attached hydrogen (secondary N) is 2. The minimum absolute atomic E-state index is 0.403. The molecular formula is C11H21N5O2. The topological polar surface area (TPSA) is 81.1 Å². The second-order valence-corrected chi connectivity index (χ2v) is 4.94. The van der Waals surface area contributed by atoms with E-state index in [1.165, 1.54) is 0 Å². The number of aryl methyl sites for hydroxylation is 1. The molecule has 0 bridgehead atoms. The van der Waals surface area contributed by atoms with E-state index in [-0.39, 0.29) is 0 Å². The molecule has 0 saturated carbocycles. The summed E-state index contributed by atoms with van der Waals surface area (Å²) in [5.74, 6) is 0.731. The van der Waals surface area contributed by atoms with Gasteiger partial charge in [-0.05, 0) is 20.8 Å². The summed E-state index contributed by atoms with van der Waals surface area (Å²) in [5.41, 5.74) is -0.463. The van der Waals surface area contributed by atoms with Gasteiger partial charge in [-0.2, -0.15) is 5.10 Å². The Morgan fingerprint density at radius 2 is 2.17 bits per heavy atom. The van der Waals surface area contributed by atoms with Gasteiger partial charge in [0.05, 0.1) is 6.54 Å². The van der Waals surface area contributed by atoms with Gasteiger partial charge in [-0.25, -0.2) is 9.78 Å². The van der Waals surface area contributed by atoms with Crippen LogP contribution in [-0.4, -0.2) is 39.5 Å². The summed E-state index contributed by atoms with van der Waals surface area (Å²) in [4.78, 5) is 15.4. The van der Waals surface area contributed by atoms with Crippen LogP contribution < -0.4 is 10.6 Å². The van der Waals surface area contributed by atoms with Gasteiger partial charge in [0.25, 0.3) is 0 Å². The second-order valence-electron chi connectivity index (χ2n) is 4.94. The second kappa shape index (κ2) is 6.34. The molecule has 0 aliphatic heterocycles. The van der Waals surface area contributed by atoms with E-state index in [9.17, 15) is 4.79 Å². The number of rotatable bonds is 5. The van der Waals surface area contributed by atoms with Crippen molar-refractivity contribution in [2.75, 3.05) is 13.1 Å². The number of aromatic nitrogens is 3. The Balaban J connectivity index is 2.07. The fourth-order valence-electron chi connectivity index (χ4n) is 1.23. The molecule has 0 aliphatic carbocycles. The van der Waals surface area contributed by atoms with Crippen LogP contribution in [0.25, 0.3) is 0 Å². The number of nitrogens with zero attached hydrogens (tertiary/aromatic N) is 3. The first-order valence-electron chi connectivity index (χ1n) is 5.89. The van der Waals surface area contributed by atoms with E-state index < -0.39 is 11.7 Å². The zero-order valence-electron chi connectivity index (χ0n) is 11.4. The van der Waals surface area contributed by atoms with Crippen LogP contribution in [-0.2, 0) is 18.3 Å². The molecular weight excluding hydrogens is 234 g/mol. The summed E-state index contributed by atoms with van der Waals surface area (Å²) in [6.45, 7) is 7.21. The van der Waals surface area contributed by atoms with E-state index in [1.807, 2.05) is 27.8 Å². The van der Waals surface area contributed by atoms with Gasteiger partial charge < -0.3 is 15.4 Å². The smallest absolute Gasteiger partial charge is 0.407 e. The molecule has 7 nitrogen and oxygen atoms in total. The Morgan fingerprint density at radius 3 is 2.72 bits per heavy atom. The van der Waals surface area contributed by atoms with Crippen LogP contribution in [0.5, 0.6) is 0 Å². The van der Waals surface area contributed by atoms with Crippen LogP contribution in [0.15, 0.2) is 6.33 Å². The molecule has 0 radical (unpaired) electrons. The Labute approximate surface area is 107 Å². The van der Waals surface area contributed by atoms with Crippen molar-refractivity contribution in [3.8, 4) is 0 Å². The fourth-order valence-corrected chi connectivity index (χ4v) is 1.23. The molecule has 18 heavy (non-hydrogen) atoms. The predicted molar refractivity (Wildman–Crippen MR) is 66.9 cm³/mol. The van der Waals surface area contributed by atoms with Crippen LogP contribution >= 0.6 is 0 Å². The number of amides is 1. The van der Waals surface area contributed by atoms with Gasteiger partial charge >= 0.3 is 6.09 Å². The third-order valence-electron chi connectivity index (χ3n) is 1.90. The lowest BCUT2D eigenvalue weighted by atomic mass is 10.2. The van der Waals surface area contributed by atoms with Crippen molar-refractivity contribution in [1.82, 2.24) is 25.4 Å². The maximum absolute atomic E-state index is 11.3.